The molecule has 0 unspecified atom stereocenters. The summed E-state index contributed by atoms with van der Waals surface area (Å²) in [6.07, 6.45) is -4.84. The number of anilines is 1. The van der Waals surface area contributed by atoms with Gasteiger partial charge >= 0.3 is 6.36 Å². The molecular formula is C18H16F3NO4. The lowest BCUT2D eigenvalue weighted by Gasteiger charge is -2.11. The maximum absolute atomic E-state index is 12.2. The highest BCUT2D eigenvalue weighted by Crippen LogP contribution is 2.25. The van der Waals surface area contributed by atoms with Crippen LogP contribution in [0.2, 0.25) is 0 Å². The van der Waals surface area contributed by atoms with Crippen molar-refractivity contribution >= 4 is 17.4 Å². The maximum Gasteiger partial charge on any atom is 0.573 e. The fourth-order valence-corrected chi connectivity index (χ4v) is 2.25. The molecule has 0 aliphatic rings. The number of hydrogen-bond acceptors (Lipinski definition) is 4. The second kappa shape index (κ2) is 7.90. The zero-order valence-electron chi connectivity index (χ0n) is 14.0. The van der Waals surface area contributed by atoms with E-state index in [9.17, 15) is 22.8 Å². The van der Waals surface area contributed by atoms with Crippen LogP contribution >= 0.6 is 0 Å². The van der Waals surface area contributed by atoms with E-state index < -0.39 is 12.3 Å². The van der Waals surface area contributed by atoms with Gasteiger partial charge in [0.25, 0.3) is 0 Å². The van der Waals surface area contributed by atoms with Gasteiger partial charge in [-0.2, -0.15) is 0 Å². The summed E-state index contributed by atoms with van der Waals surface area (Å²) in [5.74, 6) is -0.478. The Morgan fingerprint density at radius 3 is 2.27 bits per heavy atom. The molecular weight excluding hydrogens is 351 g/mol. The van der Waals surface area contributed by atoms with E-state index in [1.54, 1.807) is 18.2 Å². The Balaban J connectivity index is 2.07. The molecule has 0 radical (unpaired) electrons. The van der Waals surface area contributed by atoms with Crippen molar-refractivity contribution in [2.75, 3.05) is 12.4 Å². The van der Waals surface area contributed by atoms with Crippen molar-refractivity contribution in [1.29, 1.82) is 0 Å². The summed E-state index contributed by atoms with van der Waals surface area (Å²) in [6.45, 7) is 1.41. The Morgan fingerprint density at radius 1 is 1.08 bits per heavy atom. The number of halogens is 3. The molecule has 0 aliphatic heterocycles. The molecule has 0 saturated heterocycles. The van der Waals surface area contributed by atoms with E-state index in [0.717, 1.165) is 12.1 Å². The minimum atomic E-state index is -4.77. The van der Waals surface area contributed by atoms with E-state index in [0.29, 0.717) is 22.6 Å². The third kappa shape index (κ3) is 5.51. The number of benzene rings is 2. The molecule has 0 atom stereocenters. The van der Waals surface area contributed by atoms with Crippen LogP contribution in [0.3, 0.4) is 0 Å². The van der Waals surface area contributed by atoms with Crippen LogP contribution in [0.15, 0.2) is 42.5 Å². The third-order valence-electron chi connectivity index (χ3n) is 3.41. The standard InChI is InChI=1S/C18H16F3NO4/c1-11(23)12-3-8-16(25-2)13(9-12)10-17(24)22-14-4-6-15(7-5-14)26-18(19,20)21/h3-9H,10H2,1-2H3,(H,22,24). The molecule has 138 valence electrons. The van der Waals surface area contributed by atoms with Crippen LogP contribution in [0, 0.1) is 0 Å². The van der Waals surface area contributed by atoms with Crippen LogP contribution in [0.5, 0.6) is 11.5 Å². The number of carbonyl (C=O) groups is 2. The van der Waals surface area contributed by atoms with E-state index in [1.807, 2.05) is 0 Å². The molecule has 0 aromatic heterocycles. The highest BCUT2D eigenvalue weighted by Gasteiger charge is 2.30. The summed E-state index contributed by atoms with van der Waals surface area (Å²) in [4.78, 5) is 23.7. The Bertz CT molecular complexity index is 801. The van der Waals surface area contributed by atoms with Crippen molar-refractivity contribution in [2.45, 2.75) is 19.7 Å². The number of Topliss-reactive ketones (excluding diaryl/α,β-unsaturated/α-hetero) is 1. The minimum absolute atomic E-state index is 0.0644. The van der Waals surface area contributed by atoms with E-state index in [-0.39, 0.29) is 18.0 Å². The van der Waals surface area contributed by atoms with Gasteiger partial charge in [0.1, 0.15) is 11.5 Å². The fraction of sp³-hybridized carbons (Fsp3) is 0.222. The number of carbonyl (C=O) groups excluding carboxylic acids is 2. The fourth-order valence-electron chi connectivity index (χ4n) is 2.25. The molecule has 0 saturated carbocycles. The highest BCUT2D eigenvalue weighted by molar-refractivity contribution is 5.96. The summed E-state index contributed by atoms with van der Waals surface area (Å²) in [5.41, 5.74) is 1.28. The van der Waals surface area contributed by atoms with Gasteiger partial charge < -0.3 is 14.8 Å². The smallest absolute Gasteiger partial charge is 0.496 e. The van der Waals surface area contributed by atoms with Crippen LogP contribution in [0.25, 0.3) is 0 Å². The van der Waals surface area contributed by atoms with Crippen LogP contribution in [0.1, 0.15) is 22.8 Å². The van der Waals surface area contributed by atoms with Gasteiger partial charge in [0.15, 0.2) is 5.78 Å². The molecule has 0 aliphatic carbocycles. The monoisotopic (exact) mass is 367 g/mol. The molecule has 0 spiro atoms. The first-order valence-corrected chi connectivity index (χ1v) is 7.51. The number of alkyl halides is 3. The number of nitrogens with one attached hydrogen (secondary N) is 1. The lowest BCUT2D eigenvalue weighted by Crippen LogP contribution is -2.17. The zero-order chi connectivity index (χ0) is 19.3. The summed E-state index contributed by atoms with van der Waals surface area (Å²) in [5, 5.41) is 2.56. The Hall–Kier alpha value is -3.03. The van der Waals surface area contributed by atoms with Crippen molar-refractivity contribution in [2.24, 2.45) is 0 Å². The predicted molar refractivity (Wildman–Crippen MR) is 88.5 cm³/mol. The number of amides is 1. The number of ether oxygens (including phenoxy) is 2. The van der Waals surface area contributed by atoms with Gasteiger partial charge in [-0.3, -0.25) is 9.59 Å². The van der Waals surface area contributed by atoms with Gasteiger partial charge in [0.2, 0.25) is 5.91 Å². The van der Waals surface area contributed by atoms with Gasteiger partial charge in [-0.05, 0) is 49.4 Å². The van der Waals surface area contributed by atoms with E-state index in [4.69, 9.17) is 4.74 Å². The normalized spacial score (nSPS) is 11.0. The van der Waals surface area contributed by atoms with E-state index in [2.05, 4.69) is 10.1 Å². The first-order valence-electron chi connectivity index (χ1n) is 7.51. The molecule has 2 aromatic carbocycles. The molecule has 0 bridgehead atoms. The second-order valence-electron chi connectivity index (χ2n) is 5.38. The summed E-state index contributed by atoms with van der Waals surface area (Å²) in [6, 6.07) is 9.55. The lowest BCUT2D eigenvalue weighted by atomic mass is 10.0. The molecule has 0 fully saturated rings. The first-order chi connectivity index (χ1) is 12.2. The Labute approximate surface area is 147 Å². The van der Waals surface area contributed by atoms with Crippen LogP contribution in [0.4, 0.5) is 18.9 Å². The molecule has 8 heteroatoms. The van der Waals surface area contributed by atoms with Gasteiger partial charge in [0.05, 0.1) is 13.5 Å². The molecule has 0 heterocycles. The largest absolute Gasteiger partial charge is 0.573 e. The zero-order valence-corrected chi connectivity index (χ0v) is 14.0. The van der Waals surface area contributed by atoms with Gasteiger partial charge in [-0.1, -0.05) is 0 Å². The van der Waals surface area contributed by atoms with E-state index in [1.165, 1.54) is 26.2 Å². The lowest BCUT2D eigenvalue weighted by molar-refractivity contribution is -0.274. The Kier molecular flexibility index (Phi) is 5.86. The quantitative estimate of drug-likeness (QED) is 0.785. The minimum Gasteiger partial charge on any atom is -0.496 e. The SMILES string of the molecule is COc1ccc(C(C)=O)cc1CC(=O)Nc1ccc(OC(F)(F)F)cc1. The topological polar surface area (TPSA) is 64.6 Å². The highest BCUT2D eigenvalue weighted by atomic mass is 19.4. The average Bonchev–Trinajstić information content (AvgIpc) is 2.55. The van der Waals surface area contributed by atoms with Crippen molar-refractivity contribution in [3.63, 3.8) is 0 Å². The summed E-state index contributed by atoms with van der Waals surface area (Å²) < 4.78 is 45.3. The predicted octanol–water partition coefficient (Wildman–Crippen LogP) is 3.98. The van der Waals surface area contributed by atoms with E-state index >= 15 is 0 Å². The van der Waals surface area contributed by atoms with Crippen molar-refractivity contribution < 1.29 is 32.2 Å². The summed E-state index contributed by atoms with van der Waals surface area (Å²) in [7, 11) is 1.45. The van der Waals surface area contributed by atoms with Crippen molar-refractivity contribution in [3.8, 4) is 11.5 Å². The Morgan fingerprint density at radius 2 is 1.73 bits per heavy atom. The molecule has 5 nitrogen and oxygen atoms in total. The molecule has 2 aromatic rings. The van der Waals surface area contributed by atoms with Crippen molar-refractivity contribution in [1.82, 2.24) is 0 Å². The third-order valence-corrected chi connectivity index (χ3v) is 3.41. The molecule has 1 N–H and O–H groups in total. The maximum atomic E-state index is 12.2. The van der Waals surface area contributed by atoms with Crippen LogP contribution in [-0.2, 0) is 11.2 Å². The van der Waals surface area contributed by atoms with Crippen molar-refractivity contribution in [3.05, 3.63) is 53.6 Å². The molecule has 1 amide bonds. The first kappa shape index (κ1) is 19.3. The number of methoxy groups -OCH3 is 1. The van der Waals surface area contributed by atoms with Gasteiger partial charge in [0, 0.05) is 16.8 Å². The van der Waals surface area contributed by atoms with Gasteiger partial charge in [-0.15, -0.1) is 13.2 Å². The number of hydrogen-bond donors (Lipinski definition) is 1. The molecule has 26 heavy (non-hydrogen) atoms. The number of rotatable bonds is 6. The average molecular weight is 367 g/mol. The van der Waals surface area contributed by atoms with Crippen LogP contribution < -0.4 is 14.8 Å². The van der Waals surface area contributed by atoms with Gasteiger partial charge in [-0.25, -0.2) is 0 Å². The van der Waals surface area contributed by atoms with Crippen LogP contribution in [-0.4, -0.2) is 25.2 Å². The summed E-state index contributed by atoms with van der Waals surface area (Å²) >= 11 is 0. The molecule has 2 rings (SSSR count). The second-order valence-corrected chi connectivity index (χ2v) is 5.38. The number of ketones is 1.